The number of rotatable bonds is 1. The molecule has 0 saturated carbocycles. The lowest BCUT2D eigenvalue weighted by Gasteiger charge is -2.06. The molecule has 2 aromatic rings. The van der Waals surface area contributed by atoms with Crippen LogP contribution in [0.2, 0.25) is 10.0 Å². The Labute approximate surface area is 131 Å². The predicted molar refractivity (Wildman–Crippen MR) is 83.5 cm³/mol. The van der Waals surface area contributed by atoms with E-state index in [4.69, 9.17) is 34.7 Å². The number of hydrogen-bond acceptors (Lipinski definition) is 3. The van der Waals surface area contributed by atoms with E-state index in [1.54, 1.807) is 24.3 Å². The molecule has 0 saturated heterocycles. The lowest BCUT2D eigenvalue weighted by Crippen LogP contribution is -1.88. The average Bonchev–Trinajstić information content (AvgIpc) is 2.37. The zero-order valence-corrected chi connectivity index (χ0v) is 12.6. The normalized spacial score (nSPS) is 9.68. The van der Waals surface area contributed by atoms with Crippen LogP contribution in [-0.2, 0) is 3.84 Å². The Morgan fingerprint density at radius 1 is 0.737 bits per heavy atom. The Hall–Kier alpha value is -0.840. The molecule has 0 aromatic heterocycles. The van der Waals surface area contributed by atoms with E-state index in [-0.39, 0.29) is 0 Å². The van der Waals surface area contributed by atoms with Gasteiger partial charge in [-0.2, -0.15) is 3.84 Å². The van der Waals surface area contributed by atoms with E-state index in [0.29, 0.717) is 21.4 Å². The first-order chi connectivity index (χ1) is 8.99. The summed E-state index contributed by atoms with van der Waals surface area (Å²) in [4.78, 5) is 0. The number of hydrogen-bond donors (Lipinski definition) is 2. The third kappa shape index (κ3) is 4.64. The van der Waals surface area contributed by atoms with Crippen molar-refractivity contribution in [3.8, 4) is 11.1 Å². The van der Waals surface area contributed by atoms with Crippen molar-refractivity contribution in [3.05, 3.63) is 46.4 Å². The Bertz CT molecular complexity index is 514. The highest BCUT2D eigenvalue weighted by molar-refractivity contribution is 6.34. The fourth-order valence-electron chi connectivity index (χ4n) is 1.41. The molecule has 0 radical (unpaired) electrons. The highest BCUT2D eigenvalue weighted by Gasteiger charge is 2.03. The van der Waals surface area contributed by atoms with Gasteiger partial charge in [0.05, 0.1) is 45.2 Å². The standard InChI is InChI=1S/C12H10Cl2N2.Cl2O/c13-9-5-7(1-3-11(9)15)8-2-4-12(16)10(14)6-8;1-3-2/h1-6H,15-16H2;. The lowest BCUT2D eigenvalue weighted by atomic mass is 10.1. The third-order valence-corrected chi connectivity index (χ3v) is 2.99. The second-order valence-corrected chi connectivity index (χ2v) is 4.81. The molecule has 0 aliphatic heterocycles. The minimum atomic E-state index is 0.533. The van der Waals surface area contributed by atoms with Gasteiger partial charge in [0.2, 0.25) is 0 Å². The zero-order valence-electron chi connectivity index (χ0n) is 9.54. The molecule has 0 aliphatic rings. The molecule has 0 unspecified atom stereocenters. The van der Waals surface area contributed by atoms with Gasteiger partial charge in [-0.25, -0.2) is 0 Å². The Morgan fingerprint density at radius 2 is 1.05 bits per heavy atom. The maximum absolute atomic E-state index is 5.95. The highest BCUT2D eigenvalue weighted by Crippen LogP contribution is 2.30. The van der Waals surface area contributed by atoms with Crippen molar-refractivity contribution < 1.29 is 3.84 Å². The van der Waals surface area contributed by atoms with Crippen LogP contribution >= 0.6 is 46.9 Å². The maximum atomic E-state index is 5.95. The molecule has 0 aliphatic carbocycles. The molecule has 3 nitrogen and oxygen atoms in total. The number of halogens is 4. The van der Waals surface area contributed by atoms with Gasteiger partial charge in [0.1, 0.15) is 0 Å². The van der Waals surface area contributed by atoms with Crippen LogP contribution < -0.4 is 11.5 Å². The van der Waals surface area contributed by atoms with E-state index in [9.17, 15) is 0 Å². The van der Waals surface area contributed by atoms with E-state index in [1.807, 2.05) is 12.1 Å². The first-order valence-corrected chi connectivity index (χ1v) is 6.36. The first kappa shape index (κ1) is 16.2. The summed E-state index contributed by atoms with van der Waals surface area (Å²) in [6.07, 6.45) is 0. The molecule has 0 fully saturated rings. The van der Waals surface area contributed by atoms with Gasteiger partial charge in [0.15, 0.2) is 0 Å². The molecule has 0 amide bonds. The van der Waals surface area contributed by atoms with Crippen LogP contribution in [0, 0.1) is 0 Å². The van der Waals surface area contributed by atoms with E-state index in [0.717, 1.165) is 11.1 Å². The van der Waals surface area contributed by atoms with Crippen LogP contribution in [0.1, 0.15) is 0 Å². The van der Waals surface area contributed by atoms with Gasteiger partial charge in [0, 0.05) is 0 Å². The number of nitrogen functional groups attached to an aromatic ring is 2. The van der Waals surface area contributed by atoms with Gasteiger partial charge in [-0.15, -0.1) is 0 Å². The number of anilines is 2. The smallest absolute Gasteiger partial charge is 0.0832 e. The third-order valence-electron chi connectivity index (χ3n) is 2.33. The Kier molecular flexibility index (Phi) is 6.55. The second-order valence-electron chi connectivity index (χ2n) is 3.53. The van der Waals surface area contributed by atoms with Gasteiger partial charge in [-0.3, -0.25) is 0 Å². The van der Waals surface area contributed by atoms with E-state index in [2.05, 4.69) is 27.6 Å². The van der Waals surface area contributed by atoms with Gasteiger partial charge in [-0.1, -0.05) is 35.3 Å². The monoisotopic (exact) mass is 338 g/mol. The minimum absolute atomic E-state index is 0.533. The van der Waals surface area contributed by atoms with Crippen molar-refractivity contribution >= 4 is 58.3 Å². The molecule has 102 valence electrons. The van der Waals surface area contributed by atoms with Gasteiger partial charge in [-0.05, 0) is 35.4 Å². The lowest BCUT2D eigenvalue weighted by molar-refractivity contribution is 0.697. The fraction of sp³-hybridized carbons (Fsp3) is 0. The summed E-state index contributed by atoms with van der Waals surface area (Å²) in [6, 6.07) is 10.9. The molecule has 0 bridgehead atoms. The minimum Gasteiger partial charge on any atom is -0.398 e. The topological polar surface area (TPSA) is 61.3 Å². The van der Waals surface area contributed by atoms with Gasteiger partial charge in [0.25, 0.3) is 0 Å². The molecular weight excluding hydrogens is 330 g/mol. The second kappa shape index (κ2) is 7.68. The van der Waals surface area contributed by atoms with E-state index in [1.165, 1.54) is 0 Å². The molecule has 4 N–H and O–H groups in total. The molecule has 2 rings (SSSR count). The summed E-state index contributed by atoms with van der Waals surface area (Å²) in [5, 5.41) is 1.07. The van der Waals surface area contributed by atoms with Crippen LogP contribution in [0.4, 0.5) is 11.4 Å². The van der Waals surface area contributed by atoms with Crippen LogP contribution in [0.25, 0.3) is 11.1 Å². The van der Waals surface area contributed by atoms with Crippen molar-refractivity contribution in [2.45, 2.75) is 0 Å². The van der Waals surface area contributed by atoms with Crippen LogP contribution in [-0.4, -0.2) is 0 Å². The van der Waals surface area contributed by atoms with Crippen molar-refractivity contribution in [1.29, 1.82) is 0 Å². The zero-order chi connectivity index (χ0) is 14.4. The number of benzene rings is 2. The van der Waals surface area contributed by atoms with Crippen LogP contribution in [0.15, 0.2) is 36.4 Å². The summed E-state index contributed by atoms with van der Waals surface area (Å²) in [6.45, 7) is 0. The van der Waals surface area contributed by atoms with E-state index < -0.39 is 0 Å². The molecule has 19 heavy (non-hydrogen) atoms. The van der Waals surface area contributed by atoms with Gasteiger partial charge >= 0.3 is 0 Å². The quantitative estimate of drug-likeness (QED) is 0.707. The predicted octanol–water partition coefficient (Wildman–Crippen LogP) is 5.14. The SMILES string of the molecule is ClOCl.Nc1ccc(-c2ccc(N)c(Cl)c2)cc1Cl. The first-order valence-electron chi connectivity index (χ1n) is 4.99. The molecule has 0 spiro atoms. The Balaban J connectivity index is 0.000000550. The average molecular weight is 340 g/mol. The molecule has 0 atom stereocenters. The number of nitrogens with two attached hydrogens (primary N) is 2. The maximum Gasteiger partial charge on any atom is 0.0832 e. The summed E-state index contributed by atoms with van der Waals surface area (Å²) in [7, 11) is 0. The van der Waals surface area contributed by atoms with E-state index >= 15 is 0 Å². The van der Waals surface area contributed by atoms with Crippen molar-refractivity contribution in [3.63, 3.8) is 0 Å². The van der Waals surface area contributed by atoms with Gasteiger partial charge < -0.3 is 11.5 Å². The molecule has 7 heteroatoms. The van der Waals surface area contributed by atoms with Crippen molar-refractivity contribution in [2.24, 2.45) is 0 Å². The highest BCUT2D eigenvalue weighted by atomic mass is 35.6. The van der Waals surface area contributed by atoms with Crippen LogP contribution in [0.3, 0.4) is 0 Å². The molecule has 2 aromatic carbocycles. The largest absolute Gasteiger partial charge is 0.398 e. The van der Waals surface area contributed by atoms with Crippen molar-refractivity contribution in [1.82, 2.24) is 0 Å². The molecule has 0 heterocycles. The summed E-state index contributed by atoms with van der Waals surface area (Å²) in [5.74, 6) is 0. The summed E-state index contributed by atoms with van der Waals surface area (Å²) in [5.41, 5.74) is 14.3. The van der Waals surface area contributed by atoms with Crippen molar-refractivity contribution in [2.75, 3.05) is 11.5 Å². The Morgan fingerprint density at radius 3 is 1.32 bits per heavy atom. The fourth-order valence-corrected chi connectivity index (χ4v) is 1.77. The van der Waals surface area contributed by atoms with Crippen LogP contribution in [0.5, 0.6) is 0 Å². The molecular formula is C12H10Cl4N2O. The summed E-state index contributed by atoms with van der Waals surface area (Å²) < 4.78 is 3.19. The summed E-state index contributed by atoms with van der Waals surface area (Å²) >= 11 is 20.4.